The highest BCUT2D eigenvalue weighted by molar-refractivity contribution is 6.04. The molecule has 1 amide bonds. The average molecular weight is 379 g/mol. The quantitative estimate of drug-likeness (QED) is 0.335. The van der Waals surface area contributed by atoms with E-state index in [0.717, 1.165) is 16.5 Å². The predicted molar refractivity (Wildman–Crippen MR) is 106 cm³/mol. The van der Waals surface area contributed by atoms with Gasteiger partial charge in [-0.25, -0.2) is 0 Å². The molecule has 0 radical (unpaired) electrons. The summed E-state index contributed by atoms with van der Waals surface area (Å²) in [4.78, 5) is 39.0. The number of aldehydes is 1. The first-order valence-electron chi connectivity index (χ1n) is 8.82. The van der Waals surface area contributed by atoms with Gasteiger partial charge in [-0.3, -0.25) is 9.59 Å². The van der Waals surface area contributed by atoms with Gasteiger partial charge >= 0.3 is 5.97 Å². The van der Waals surface area contributed by atoms with Crippen molar-refractivity contribution in [1.82, 2.24) is 4.98 Å². The van der Waals surface area contributed by atoms with Crippen molar-refractivity contribution < 1.29 is 19.5 Å². The number of anilines is 1. The van der Waals surface area contributed by atoms with Crippen LogP contribution in [0.2, 0.25) is 0 Å². The molecule has 2 atom stereocenters. The summed E-state index contributed by atoms with van der Waals surface area (Å²) < 4.78 is 0. The normalized spacial score (nSPS) is 14.1. The van der Waals surface area contributed by atoms with Crippen LogP contribution < -0.4 is 11.1 Å². The molecule has 5 N–H and O–H groups in total. The van der Waals surface area contributed by atoms with Crippen molar-refractivity contribution in [3.05, 3.63) is 66.2 Å². The van der Waals surface area contributed by atoms with Gasteiger partial charge in [-0.2, -0.15) is 0 Å². The number of primary amides is 1. The van der Waals surface area contributed by atoms with E-state index in [9.17, 15) is 19.5 Å². The molecule has 7 heteroatoms. The van der Waals surface area contributed by atoms with E-state index in [1.54, 1.807) is 30.3 Å². The van der Waals surface area contributed by atoms with Gasteiger partial charge in [-0.05, 0) is 30.5 Å². The minimum atomic E-state index is -1.85. The van der Waals surface area contributed by atoms with E-state index in [1.807, 2.05) is 30.3 Å². The monoisotopic (exact) mass is 379 g/mol. The number of carboxylic acids is 1. The lowest BCUT2D eigenvalue weighted by Gasteiger charge is -2.29. The number of amides is 1. The van der Waals surface area contributed by atoms with Crippen LogP contribution >= 0.6 is 0 Å². The third-order valence-electron chi connectivity index (χ3n) is 4.77. The second kappa shape index (κ2) is 7.96. The van der Waals surface area contributed by atoms with Gasteiger partial charge in [0.15, 0.2) is 11.8 Å². The van der Waals surface area contributed by atoms with Crippen LogP contribution in [0.1, 0.15) is 12.0 Å². The van der Waals surface area contributed by atoms with Crippen LogP contribution in [-0.4, -0.2) is 33.8 Å². The first-order valence-corrected chi connectivity index (χ1v) is 8.82. The predicted octanol–water partition coefficient (Wildman–Crippen LogP) is 2.34. The minimum Gasteiger partial charge on any atom is -0.481 e. The van der Waals surface area contributed by atoms with Crippen molar-refractivity contribution in [2.45, 2.75) is 18.4 Å². The molecule has 1 unspecified atom stereocenters. The maximum Gasteiger partial charge on any atom is 0.306 e. The molecular weight excluding hydrogens is 358 g/mol. The number of aliphatic carboxylic acids is 1. The van der Waals surface area contributed by atoms with E-state index in [-0.39, 0.29) is 12.8 Å². The summed E-state index contributed by atoms with van der Waals surface area (Å²) >= 11 is 0. The molecule has 0 saturated heterocycles. The zero-order valence-corrected chi connectivity index (χ0v) is 15.1. The molecule has 3 rings (SSSR count). The van der Waals surface area contributed by atoms with Crippen LogP contribution in [0, 0.1) is 5.92 Å². The van der Waals surface area contributed by atoms with Crippen molar-refractivity contribution in [2.75, 3.05) is 5.32 Å². The molecule has 1 aromatic heterocycles. The Morgan fingerprint density at radius 3 is 2.43 bits per heavy atom. The van der Waals surface area contributed by atoms with Gasteiger partial charge in [-0.1, -0.05) is 48.5 Å². The third kappa shape index (κ3) is 4.03. The van der Waals surface area contributed by atoms with E-state index in [1.165, 1.54) is 0 Å². The molecule has 144 valence electrons. The second-order valence-corrected chi connectivity index (χ2v) is 6.78. The fraction of sp³-hybridized carbons (Fsp3) is 0.190. The topological polar surface area (TPSA) is 125 Å². The Hall–Kier alpha value is -3.61. The van der Waals surface area contributed by atoms with E-state index in [4.69, 9.17) is 5.73 Å². The molecule has 28 heavy (non-hydrogen) atoms. The maximum absolute atomic E-state index is 12.2. The molecule has 2 aromatic carbocycles. The lowest BCUT2D eigenvalue weighted by molar-refractivity contribution is -0.142. The van der Waals surface area contributed by atoms with Crippen LogP contribution in [-0.2, 0) is 20.8 Å². The number of fused-ring (bicyclic) bond motifs is 1. The molecule has 0 aliphatic heterocycles. The highest BCUT2D eigenvalue weighted by atomic mass is 16.4. The molecule has 0 spiro atoms. The summed E-state index contributed by atoms with van der Waals surface area (Å²) in [6.07, 6.45) is 0.292. The Bertz CT molecular complexity index is 966. The summed E-state index contributed by atoms with van der Waals surface area (Å²) in [5.74, 6) is -2.59. The van der Waals surface area contributed by atoms with Gasteiger partial charge in [0.25, 0.3) is 5.91 Å². The number of carbonyl (C=O) groups excluding carboxylic acids is 2. The molecule has 0 fully saturated rings. The summed E-state index contributed by atoms with van der Waals surface area (Å²) in [7, 11) is 0. The van der Waals surface area contributed by atoms with Crippen molar-refractivity contribution in [2.24, 2.45) is 11.7 Å². The standard InChI is InChI=1S/C21H21N3O4/c22-20(28)21(13-25,24-18-11-15-8-4-5-9-17(15)23-18)12-16(19(26)27)10-14-6-2-1-3-7-14/h1-9,11,13,16,23-24H,10,12H2,(H2,22,28)(H,26,27)/t16?,21-/m1/s1. The lowest BCUT2D eigenvalue weighted by atomic mass is 9.84. The maximum atomic E-state index is 12.2. The summed E-state index contributed by atoms with van der Waals surface area (Å²) in [5.41, 5.74) is 5.29. The SMILES string of the molecule is NC(=O)[C@](C=O)(CC(Cc1ccccc1)C(=O)O)Nc1cc2ccccc2[nH]1. The van der Waals surface area contributed by atoms with E-state index in [2.05, 4.69) is 10.3 Å². The Morgan fingerprint density at radius 1 is 1.14 bits per heavy atom. The Balaban J connectivity index is 1.89. The fourth-order valence-electron chi connectivity index (χ4n) is 3.26. The number of carboxylic acid groups (broad SMARTS) is 1. The first kappa shape index (κ1) is 19.2. The Morgan fingerprint density at radius 2 is 1.82 bits per heavy atom. The smallest absolute Gasteiger partial charge is 0.306 e. The van der Waals surface area contributed by atoms with Crippen LogP contribution in [0.5, 0.6) is 0 Å². The van der Waals surface area contributed by atoms with Crippen LogP contribution in [0.3, 0.4) is 0 Å². The van der Waals surface area contributed by atoms with Crippen molar-refractivity contribution >= 4 is 34.9 Å². The number of aromatic amines is 1. The number of benzene rings is 2. The average Bonchev–Trinajstić information content (AvgIpc) is 3.09. The van der Waals surface area contributed by atoms with Gasteiger partial charge in [0, 0.05) is 10.9 Å². The lowest BCUT2D eigenvalue weighted by Crippen LogP contribution is -2.54. The number of carbonyl (C=O) groups is 3. The highest BCUT2D eigenvalue weighted by Crippen LogP contribution is 2.26. The Kier molecular flexibility index (Phi) is 5.44. The minimum absolute atomic E-state index is 0.174. The van der Waals surface area contributed by atoms with E-state index >= 15 is 0 Å². The zero-order chi connectivity index (χ0) is 20.1. The molecule has 0 bridgehead atoms. The second-order valence-electron chi connectivity index (χ2n) is 6.78. The summed E-state index contributed by atoms with van der Waals surface area (Å²) in [6, 6.07) is 18.2. The van der Waals surface area contributed by atoms with Crippen molar-refractivity contribution in [3.63, 3.8) is 0 Å². The van der Waals surface area contributed by atoms with Gasteiger partial charge in [0.05, 0.1) is 5.92 Å². The zero-order valence-electron chi connectivity index (χ0n) is 15.1. The number of hydrogen-bond donors (Lipinski definition) is 4. The van der Waals surface area contributed by atoms with Crippen LogP contribution in [0.4, 0.5) is 5.82 Å². The Labute approximate surface area is 161 Å². The summed E-state index contributed by atoms with van der Waals surface area (Å²) in [6.45, 7) is 0. The number of rotatable bonds is 9. The van der Waals surface area contributed by atoms with Gasteiger partial charge in [-0.15, -0.1) is 0 Å². The number of H-pyrrole nitrogens is 1. The number of hydrogen-bond acceptors (Lipinski definition) is 4. The molecule has 1 heterocycles. The number of aromatic nitrogens is 1. The highest BCUT2D eigenvalue weighted by Gasteiger charge is 2.41. The van der Waals surface area contributed by atoms with Gasteiger partial charge < -0.3 is 25.9 Å². The molecule has 0 saturated carbocycles. The molecule has 7 nitrogen and oxygen atoms in total. The van der Waals surface area contributed by atoms with Crippen LogP contribution in [0.15, 0.2) is 60.7 Å². The number of para-hydroxylation sites is 1. The third-order valence-corrected chi connectivity index (χ3v) is 4.77. The molecule has 3 aromatic rings. The first-order chi connectivity index (χ1) is 13.4. The van der Waals surface area contributed by atoms with Gasteiger partial charge in [0.1, 0.15) is 5.82 Å². The van der Waals surface area contributed by atoms with Crippen molar-refractivity contribution in [3.8, 4) is 0 Å². The number of nitrogens with two attached hydrogens (primary N) is 1. The molecule has 0 aliphatic rings. The summed E-state index contributed by atoms with van der Waals surface area (Å²) in [5, 5.41) is 13.4. The van der Waals surface area contributed by atoms with Crippen molar-refractivity contribution in [1.29, 1.82) is 0 Å². The van der Waals surface area contributed by atoms with Crippen LogP contribution in [0.25, 0.3) is 10.9 Å². The fourth-order valence-corrected chi connectivity index (χ4v) is 3.26. The van der Waals surface area contributed by atoms with Gasteiger partial charge in [0.2, 0.25) is 0 Å². The van der Waals surface area contributed by atoms with E-state index in [0.29, 0.717) is 12.1 Å². The van der Waals surface area contributed by atoms with E-state index < -0.39 is 23.3 Å². The largest absolute Gasteiger partial charge is 0.481 e. The molecular formula is C21H21N3O4. The number of nitrogens with one attached hydrogen (secondary N) is 2. The molecule has 0 aliphatic carbocycles.